The zero-order chi connectivity index (χ0) is 12.0. The highest BCUT2D eigenvalue weighted by Crippen LogP contribution is 2.27. The van der Waals surface area contributed by atoms with Crippen LogP contribution < -0.4 is 0 Å². The van der Waals surface area contributed by atoms with E-state index in [1.165, 1.54) is 13.8 Å². The summed E-state index contributed by atoms with van der Waals surface area (Å²) in [5.74, 6) is -1.79. The molecule has 0 atom stereocenters. The minimum atomic E-state index is -2.87. The Bertz CT molecular complexity index is 560. The zero-order valence-corrected chi connectivity index (χ0v) is 8.56. The molecule has 1 aromatic carbocycles. The number of imidazole rings is 1. The Labute approximate surface area is 88.5 Å². The number of aryl methyl sites for hydroxylation is 1. The minimum Gasteiger partial charge on any atom is -0.270 e. The van der Waals surface area contributed by atoms with Gasteiger partial charge in [-0.2, -0.15) is 8.78 Å². The van der Waals surface area contributed by atoms with Gasteiger partial charge in [0, 0.05) is 11.6 Å². The molecule has 0 aliphatic rings. The molecule has 0 saturated heterocycles. The molecule has 0 radical (unpaired) electrons. The number of hydrogen-bond donors (Lipinski definition) is 0. The molecule has 1 aromatic heterocycles. The van der Waals surface area contributed by atoms with Crippen LogP contribution in [-0.2, 0) is 0 Å². The topological polar surface area (TPSA) is 17.8 Å². The first kappa shape index (κ1) is 10.9. The van der Waals surface area contributed by atoms with E-state index in [4.69, 9.17) is 0 Å². The van der Waals surface area contributed by atoms with Crippen molar-refractivity contribution < 1.29 is 17.6 Å². The van der Waals surface area contributed by atoms with Gasteiger partial charge in [0.2, 0.25) is 0 Å². The lowest BCUT2D eigenvalue weighted by atomic mass is 10.2. The summed E-state index contributed by atoms with van der Waals surface area (Å²) >= 11 is 0. The van der Waals surface area contributed by atoms with Crippen molar-refractivity contribution >= 4 is 11.0 Å². The van der Waals surface area contributed by atoms with Crippen molar-refractivity contribution in [2.75, 3.05) is 0 Å². The molecule has 6 heteroatoms. The maximum absolute atomic E-state index is 13.6. The highest BCUT2D eigenvalue weighted by Gasteiger charge is 2.20. The van der Waals surface area contributed by atoms with Crippen molar-refractivity contribution in [1.82, 2.24) is 9.55 Å². The molecule has 0 saturated carbocycles. The Kier molecular flexibility index (Phi) is 2.36. The molecule has 0 fully saturated rings. The molecule has 0 aliphatic carbocycles. The summed E-state index contributed by atoms with van der Waals surface area (Å²) < 4.78 is 52.6. The van der Waals surface area contributed by atoms with E-state index in [1.54, 1.807) is 0 Å². The van der Waals surface area contributed by atoms with E-state index in [-0.39, 0.29) is 22.4 Å². The number of alkyl halides is 2. The van der Waals surface area contributed by atoms with E-state index in [0.717, 1.165) is 6.07 Å². The Morgan fingerprint density at radius 1 is 1.25 bits per heavy atom. The summed E-state index contributed by atoms with van der Waals surface area (Å²) in [7, 11) is 0. The summed E-state index contributed by atoms with van der Waals surface area (Å²) in [5.41, 5.74) is -0.670. The Morgan fingerprint density at radius 3 is 2.44 bits per heavy atom. The number of nitrogens with zero attached hydrogens (tertiary/aromatic N) is 2. The third kappa shape index (κ3) is 1.36. The third-order valence-corrected chi connectivity index (χ3v) is 2.48. The van der Waals surface area contributed by atoms with E-state index in [0.29, 0.717) is 4.57 Å². The average Bonchev–Trinajstić information content (AvgIpc) is 2.51. The second kappa shape index (κ2) is 3.47. The predicted molar refractivity (Wildman–Crippen MR) is 50.4 cm³/mol. The smallest absolute Gasteiger partial charge is 0.270 e. The second-order valence-electron chi connectivity index (χ2n) is 3.47. The number of benzene rings is 1. The van der Waals surface area contributed by atoms with Gasteiger partial charge in [0.05, 0.1) is 5.52 Å². The Morgan fingerprint density at radius 2 is 1.88 bits per heavy atom. The first-order chi connectivity index (χ1) is 7.43. The van der Waals surface area contributed by atoms with Crippen molar-refractivity contribution in [3.05, 3.63) is 29.1 Å². The van der Waals surface area contributed by atoms with E-state index >= 15 is 0 Å². The van der Waals surface area contributed by atoms with Crippen molar-refractivity contribution in [1.29, 1.82) is 0 Å². The molecule has 2 nitrogen and oxygen atoms in total. The molecule has 1 heterocycles. The SMILES string of the molecule is Cc1c(F)cc2c(nc(C)n2C(F)F)c1F. The van der Waals surface area contributed by atoms with Crippen molar-refractivity contribution in [2.24, 2.45) is 0 Å². The predicted octanol–water partition coefficient (Wildman–Crippen LogP) is 3.33. The average molecular weight is 232 g/mol. The van der Waals surface area contributed by atoms with Crippen molar-refractivity contribution in [3.63, 3.8) is 0 Å². The summed E-state index contributed by atoms with van der Waals surface area (Å²) in [5, 5.41) is 0. The molecule has 16 heavy (non-hydrogen) atoms. The molecule has 0 aliphatic heterocycles. The van der Waals surface area contributed by atoms with Crippen LogP contribution in [0.25, 0.3) is 11.0 Å². The van der Waals surface area contributed by atoms with Crippen LogP contribution in [0.3, 0.4) is 0 Å². The van der Waals surface area contributed by atoms with Gasteiger partial charge < -0.3 is 0 Å². The fourth-order valence-corrected chi connectivity index (χ4v) is 1.62. The second-order valence-corrected chi connectivity index (χ2v) is 3.47. The van der Waals surface area contributed by atoms with Crippen molar-refractivity contribution in [2.45, 2.75) is 20.4 Å². The quantitative estimate of drug-likeness (QED) is 0.689. The maximum Gasteiger partial charge on any atom is 0.320 e. The highest BCUT2D eigenvalue weighted by atomic mass is 19.3. The molecule has 86 valence electrons. The van der Waals surface area contributed by atoms with E-state index in [2.05, 4.69) is 4.98 Å². The van der Waals surface area contributed by atoms with Gasteiger partial charge in [-0.05, 0) is 13.8 Å². The monoisotopic (exact) mass is 232 g/mol. The van der Waals surface area contributed by atoms with Crippen LogP contribution in [-0.4, -0.2) is 9.55 Å². The minimum absolute atomic E-state index is 0.0473. The van der Waals surface area contributed by atoms with Crippen molar-refractivity contribution in [3.8, 4) is 0 Å². The molecular formula is C10H8F4N2. The van der Waals surface area contributed by atoms with Crippen LogP contribution in [0, 0.1) is 25.5 Å². The maximum atomic E-state index is 13.6. The van der Waals surface area contributed by atoms with Gasteiger partial charge in [-0.3, -0.25) is 4.57 Å². The van der Waals surface area contributed by atoms with Gasteiger partial charge in [-0.25, -0.2) is 13.8 Å². The van der Waals surface area contributed by atoms with Crippen LogP contribution in [0.5, 0.6) is 0 Å². The summed E-state index contributed by atoms with van der Waals surface area (Å²) in [6.45, 7) is -0.314. The highest BCUT2D eigenvalue weighted by molar-refractivity contribution is 5.78. The van der Waals surface area contributed by atoms with Gasteiger partial charge in [-0.15, -0.1) is 0 Å². The first-order valence-corrected chi connectivity index (χ1v) is 4.54. The van der Waals surface area contributed by atoms with Crippen LogP contribution in [0.2, 0.25) is 0 Å². The Hall–Kier alpha value is -1.59. The normalized spacial score (nSPS) is 11.7. The van der Waals surface area contributed by atoms with Gasteiger partial charge in [0.15, 0.2) is 5.82 Å². The third-order valence-electron chi connectivity index (χ3n) is 2.48. The fraction of sp³-hybridized carbons (Fsp3) is 0.300. The lowest BCUT2D eigenvalue weighted by molar-refractivity contribution is 0.0724. The lowest BCUT2D eigenvalue weighted by Gasteiger charge is -2.05. The summed E-state index contributed by atoms with van der Waals surface area (Å²) in [4.78, 5) is 3.68. The Balaban J connectivity index is 2.91. The van der Waals surface area contributed by atoms with Crippen LogP contribution in [0.15, 0.2) is 6.07 Å². The molecule has 0 bridgehead atoms. The molecule has 0 spiro atoms. The first-order valence-electron chi connectivity index (χ1n) is 4.54. The van der Waals surface area contributed by atoms with Gasteiger partial charge in [-0.1, -0.05) is 0 Å². The molecular weight excluding hydrogens is 224 g/mol. The van der Waals surface area contributed by atoms with Crippen LogP contribution in [0.1, 0.15) is 17.9 Å². The fourth-order valence-electron chi connectivity index (χ4n) is 1.62. The number of hydrogen-bond acceptors (Lipinski definition) is 1. The van der Waals surface area contributed by atoms with Gasteiger partial charge in [0.1, 0.15) is 17.2 Å². The standard InChI is InChI=1S/C10H8F4N2/c1-4-6(11)3-7-9(8(4)12)15-5(2)16(7)10(13)14/h3,10H,1-2H3. The van der Waals surface area contributed by atoms with Crippen LogP contribution >= 0.6 is 0 Å². The van der Waals surface area contributed by atoms with E-state index < -0.39 is 18.2 Å². The largest absolute Gasteiger partial charge is 0.320 e. The lowest BCUT2D eigenvalue weighted by Crippen LogP contribution is -2.01. The number of rotatable bonds is 1. The molecule has 0 N–H and O–H groups in total. The van der Waals surface area contributed by atoms with Crippen LogP contribution in [0.4, 0.5) is 17.6 Å². The number of aromatic nitrogens is 2. The summed E-state index contributed by atoms with van der Waals surface area (Å²) in [6.07, 6.45) is 0. The molecule has 0 unspecified atom stereocenters. The molecule has 2 rings (SSSR count). The zero-order valence-electron chi connectivity index (χ0n) is 8.56. The van der Waals surface area contributed by atoms with E-state index in [1.807, 2.05) is 0 Å². The molecule has 2 aromatic rings. The number of halogens is 4. The summed E-state index contributed by atoms with van der Waals surface area (Å²) in [6, 6.07) is 0.875. The van der Waals surface area contributed by atoms with Gasteiger partial charge >= 0.3 is 6.55 Å². The van der Waals surface area contributed by atoms with Gasteiger partial charge in [0.25, 0.3) is 0 Å². The molecule has 0 amide bonds. The number of fused-ring (bicyclic) bond motifs is 1. The van der Waals surface area contributed by atoms with E-state index in [9.17, 15) is 17.6 Å².